The smallest absolute Gasteiger partial charge is 0.192 e. The Balaban J connectivity index is 2.31. The molecule has 3 aromatic rings. The van der Waals surface area contributed by atoms with Gasteiger partial charge in [0.25, 0.3) is 0 Å². The Morgan fingerprint density at radius 1 is 0.938 bits per heavy atom. The fraction of sp³-hybridized carbons (Fsp3) is 0. The summed E-state index contributed by atoms with van der Waals surface area (Å²) in [6, 6.07) is 10.5. The monoisotopic (exact) mass is 212 g/mol. The molecular weight excluding hydrogens is 204 g/mol. The molecule has 78 valence electrons. The van der Waals surface area contributed by atoms with Crippen LogP contribution in [-0.2, 0) is 0 Å². The summed E-state index contributed by atoms with van der Waals surface area (Å²) < 4.78 is 10.5. The summed E-state index contributed by atoms with van der Waals surface area (Å²) in [5.41, 5.74) is 1.41. The van der Waals surface area contributed by atoms with Crippen LogP contribution in [0.15, 0.2) is 62.6 Å². The van der Waals surface area contributed by atoms with Gasteiger partial charge in [-0.25, -0.2) is 0 Å². The Morgan fingerprint density at radius 3 is 2.69 bits per heavy atom. The van der Waals surface area contributed by atoms with Gasteiger partial charge in [0, 0.05) is 11.6 Å². The molecule has 0 bridgehead atoms. The Morgan fingerprint density at radius 2 is 1.88 bits per heavy atom. The van der Waals surface area contributed by atoms with Crippen molar-refractivity contribution in [3.05, 3.63) is 59.1 Å². The highest BCUT2D eigenvalue weighted by Gasteiger charge is 2.04. The summed E-state index contributed by atoms with van der Waals surface area (Å²) in [7, 11) is 0. The lowest BCUT2D eigenvalue weighted by Gasteiger charge is -1.99. The van der Waals surface area contributed by atoms with Gasteiger partial charge in [0.15, 0.2) is 5.43 Å². The molecule has 0 aliphatic rings. The molecule has 3 heteroatoms. The van der Waals surface area contributed by atoms with Crippen LogP contribution in [0.2, 0.25) is 0 Å². The Labute approximate surface area is 90.9 Å². The van der Waals surface area contributed by atoms with Gasteiger partial charge < -0.3 is 8.83 Å². The first-order valence-corrected chi connectivity index (χ1v) is 4.90. The maximum Gasteiger partial charge on any atom is 0.192 e. The first-order valence-electron chi connectivity index (χ1n) is 4.90. The average molecular weight is 212 g/mol. The minimum Gasteiger partial charge on any atom is -0.464 e. The average Bonchev–Trinajstić information content (AvgIpc) is 2.83. The molecule has 0 aliphatic heterocycles. The zero-order valence-electron chi connectivity index (χ0n) is 8.34. The maximum absolute atomic E-state index is 11.6. The van der Waals surface area contributed by atoms with Gasteiger partial charge in [0.2, 0.25) is 0 Å². The fourth-order valence-electron chi connectivity index (χ4n) is 1.68. The standard InChI is InChI=1S/C13H8O3/c14-11-5-7-16-13-4-3-9(8-10(11)13)12-2-1-6-15-12/h1-8H. The Hall–Kier alpha value is -2.29. The third-order valence-electron chi connectivity index (χ3n) is 2.47. The molecule has 0 fully saturated rings. The van der Waals surface area contributed by atoms with Crippen LogP contribution >= 0.6 is 0 Å². The van der Waals surface area contributed by atoms with Crippen molar-refractivity contribution in [1.82, 2.24) is 0 Å². The number of fused-ring (bicyclic) bond motifs is 1. The molecule has 0 amide bonds. The van der Waals surface area contributed by atoms with Crippen molar-refractivity contribution in [1.29, 1.82) is 0 Å². The van der Waals surface area contributed by atoms with E-state index in [1.54, 1.807) is 18.4 Å². The van der Waals surface area contributed by atoms with E-state index in [0.717, 1.165) is 11.3 Å². The summed E-state index contributed by atoms with van der Waals surface area (Å²) >= 11 is 0. The highest BCUT2D eigenvalue weighted by atomic mass is 16.3. The van der Waals surface area contributed by atoms with Crippen molar-refractivity contribution >= 4 is 11.0 Å². The molecule has 0 aliphatic carbocycles. The van der Waals surface area contributed by atoms with Crippen LogP contribution in [-0.4, -0.2) is 0 Å². The molecular formula is C13H8O3. The van der Waals surface area contributed by atoms with E-state index in [1.165, 1.54) is 12.3 Å². The van der Waals surface area contributed by atoms with Crippen molar-refractivity contribution in [2.75, 3.05) is 0 Å². The normalized spacial score (nSPS) is 10.8. The van der Waals surface area contributed by atoms with Gasteiger partial charge in [-0.05, 0) is 30.3 Å². The fourth-order valence-corrected chi connectivity index (χ4v) is 1.68. The summed E-state index contributed by atoms with van der Waals surface area (Å²) in [5, 5.41) is 0.566. The molecule has 0 spiro atoms. The largest absolute Gasteiger partial charge is 0.464 e. The molecule has 3 rings (SSSR count). The van der Waals surface area contributed by atoms with E-state index in [-0.39, 0.29) is 5.43 Å². The lowest BCUT2D eigenvalue weighted by atomic mass is 10.1. The molecule has 1 aromatic carbocycles. The highest BCUT2D eigenvalue weighted by molar-refractivity contribution is 5.81. The van der Waals surface area contributed by atoms with Crippen molar-refractivity contribution in [3.8, 4) is 11.3 Å². The van der Waals surface area contributed by atoms with Crippen LogP contribution in [0.25, 0.3) is 22.3 Å². The second-order valence-electron chi connectivity index (χ2n) is 3.47. The van der Waals surface area contributed by atoms with Crippen LogP contribution in [0.5, 0.6) is 0 Å². The van der Waals surface area contributed by atoms with E-state index in [4.69, 9.17) is 8.83 Å². The first-order chi connectivity index (χ1) is 7.84. The third kappa shape index (κ3) is 1.34. The van der Waals surface area contributed by atoms with Crippen LogP contribution < -0.4 is 5.43 Å². The van der Waals surface area contributed by atoms with E-state index in [1.807, 2.05) is 18.2 Å². The van der Waals surface area contributed by atoms with Crippen LogP contribution in [0.1, 0.15) is 0 Å². The summed E-state index contributed by atoms with van der Waals surface area (Å²) in [4.78, 5) is 11.6. The van der Waals surface area contributed by atoms with Gasteiger partial charge >= 0.3 is 0 Å². The van der Waals surface area contributed by atoms with E-state index in [2.05, 4.69) is 0 Å². The van der Waals surface area contributed by atoms with Gasteiger partial charge in [-0.15, -0.1) is 0 Å². The van der Waals surface area contributed by atoms with Gasteiger partial charge in [-0.1, -0.05) is 0 Å². The number of furan rings is 1. The third-order valence-corrected chi connectivity index (χ3v) is 2.47. The van der Waals surface area contributed by atoms with Crippen LogP contribution in [0.4, 0.5) is 0 Å². The molecule has 0 radical (unpaired) electrons. The van der Waals surface area contributed by atoms with Crippen molar-refractivity contribution < 1.29 is 8.83 Å². The predicted octanol–water partition coefficient (Wildman–Crippen LogP) is 3.05. The van der Waals surface area contributed by atoms with Crippen molar-refractivity contribution in [3.63, 3.8) is 0 Å². The Bertz CT molecular complexity index is 678. The van der Waals surface area contributed by atoms with E-state index in [9.17, 15) is 4.79 Å². The van der Waals surface area contributed by atoms with E-state index in [0.29, 0.717) is 11.0 Å². The molecule has 0 N–H and O–H groups in total. The van der Waals surface area contributed by atoms with E-state index < -0.39 is 0 Å². The van der Waals surface area contributed by atoms with Crippen LogP contribution in [0.3, 0.4) is 0 Å². The zero-order chi connectivity index (χ0) is 11.0. The molecule has 2 aromatic heterocycles. The molecule has 2 heterocycles. The van der Waals surface area contributed by atoms with Gasteiger partial charge in [0.1, 0.15) is 11.3 Å². The second kappa shape index (κ2) is 3.38. The van der Waals surface area contributed by atoms with Crippen LogP contribution in [0, 0.1) is 0 Å². The number of benzene rings is 1. The summed E-state index contributed by atoms with van der Waals surface area (Å²) in [6.45, 7) is 0. The second-order valence-corrected chi connectivity index (χ2v) is 3.47. The topological polar surface area (TPSA) is 43.4 Å². The molecule has 3 nitrogen and oxygen atoms in total. The molecule has 0 saturated carbocycles. The van der Waals surface area contributed by atoms with Crippen molar-refractivity contribution in [2.24, 2.45) is 0 Å². The number of rotatable bonds is 1. The summed E-state index contributed by atoms with van der Waals surface area (Å²) in [5.74, 6) is 0.741. The summed E-state index contributed by atoms with van der Waals surface area (Å²) in [6.07, 6.45) is 3.00. The lowest BCUT2D eigenvalue weighted by Crippen LogP contribution is -1.97. The maximum atomic E-state index is 11.6. The van der Waals surface area contributed by atoms with E-state index >= 15 is 0 Å². The Kier molecular flexibility index (Phi) is 1.90. The molecule has 0 unspecified atom stereocenters. The minimum absolute atomic E-state index is 0.0466. The first kappa shape index (κ1) is 8.97. The van der Waals surface area contributed by atoms with Gasteiger partial charge in [-0.2, -0.15) is 0 Å². The number of hydrogen-bond acceptors (Lipinski definition) is 3. The number of hydrogen-bond donors (Lipinski definition) is 0. The molecule has 0 saturated heterocycles. The zero-order valence-corrected chi connectivity index (χ0v) is 8.34. The van der Waals surface area contributed by atoms with Gasteiger partial charge in [0.05, 0.1) is 17.9 Å². The molecule has 16 heavy (non-hydrogen) atoms. The predicted molar refractivity (Wildman–Crippen MR) is 60.2 cm³/mol. The molecule has 0 atom stereocenters. The quantitative estimate of drug-likeness (QED) is 0.622. The highest BCUT2D eigenvalue weighted by Crippen LogP contribution is 2.22. The van der Waals surface area contributed by atoms with Gasteiger partial charge in [-0.3, -0.25) is 4.79 Å². The van der Waals surface area contributed by atoms with Crippen molar-refractivity contribution in [2.45, 2.75) is 0 Å². The SMILES string of the molecule is O=c1ccoc2ccc(-c3ccco3)cc12. The minimum atomic E-state index is -0.0466. The lowest BCUT2D eigenvalue weighted by molar-refractivity contribution is 0.582.